The minimum absolute atomic E-state index is 0.0287. The summed E-state index contributed by atoms with van der Waals surface area (Å²) < 4.78 is 5.84. The first-order valence-electron chi connectivity index (χ1n) is 7.47. The lowest BCUT2D eigenvalue weighted by Crippen LogP contribution is -2.44. The zero-order valence-corrected chi connectivity index (χ0v) is 12.9. The topological polar surface area (TPSA) is 72.6 Å². The lowest BCUT2D eigenvalue weighted by Gasteiger charge is -2.35. The predicted octanol–water partition coefficient (Wildman–Crippen LogP) is 2.66. The van der Waals surface area contributed by atoms with E-state index in [0.29, 0.717) is 29.2 Å². The number of carbonyl (C=O) groups excluding carboxylic acids is 2. The van der Waals surface area contributed by atoms with Crippen LogP contribution in [-0.4, -0.2) is 24.3 Å². The smallest absolute Gasteiger partial charge is 0.258 e. The van der Waals surface area contributed by atoms with Crippen LogP contribution in [0.4, 0.5) is 11.4 Å². The summed E-state index contributed by atoms with van der Waals surface area (Å²) in [6, 6.07) is 14.2. The SMILES string of the molecule is CC(=O)CC1CN(C(=O)c2ccccc2)c2cc(N)ccc2O1. The number of benzene rings is 2. The number of ketones is 1. The lowest BCUT2D eigenvalue weighted by atomic mass is 10.1. The molecule has 1 heterocycles. The lowest BCUT2D eigenvalue weighted by molar-refractivity contribution is -0.118. The van der Waals surface area contributed by atoms with Crippen molar-refractivity contribution < 1.29 is 14.3 Å². The van der Waals surface area contributed by atoms with Crippen molar-refractivity contribution in [2.45, 2.75) is 19.4 Å². The maximum atomic E-state index is 12.8. The van der Waals surface area contributed by atoms with Crippen LogP contribution in [0.25, 0.3) is 0 Å². The molecule has 0 aromatic heterocycles. The fourth-order valence-corrected chi connectivity index (χ4v) is 2.72. The third kappa shape index (κ3) is 3.18. The van der Waals surface area contributed by atoms with E-state index in [2.05, 4.69) is 0 Å². The summed E-state index contributed by atoms with van der Waals surface area (Å²) in [6.45, 7) is 1.84. The van der Waals surface area contributed by atoms with Crippen molar-refractivity contribution >= 4 is 23.1 Å². The predicted molar refractivity (Wildman–Crippen MR) is 88.7 cm³/mol. The standard InChI is InChI=1S/C18H18N2O3/c1-12(21)9-15-11-20(18(22)13-5-3-2-4-6-13)16-10-14(19)7-8-17(16)23-15/h2-8,10,15H,9,11,19H2,1H3. The number of hydrogen-bond donors (Lipinski definition) is 1. The average Bonchev–Trinajstić information content (AvgIpc) is 2.54. The molecule has 0 saturated heterocycles. The third-order valence-electron chi connectivity index (χ3n) is 3.73. The van der Waals surface area contributed by atoms with Crippen molar-refractivity contribution in [3.05, 3.63) is 54.1 Å². The summed E-state index contributed by atoms with van der Waals surface area (Å²) in [5.74, 6) is 0.469. The van der Waals surface area contributed by atoms with Gasteiger partial charge in [0.25, 0.3) is 5.91 Å². The van der Waals surface area contributed by atoms with Crippen LogP contribution >= 0.6 is 0 Å². The van der Waals surface area contributed by atoms with E-state index in [0.717, 1.165) is 0 Å². The Morgan fingerprint density at radius 3 is 2.65 bits per heavy atom. The second kappa shape index (κ2) is 6.12. The van der Waals surface area contributed by atoms with Gasteiger partial charge in [-0.2, -0.15) is 0 Å². The van der Waals surface area contributed by atoms with Gasteiger partial charge in [-0.3, -0.25) is 9.59 Å². The molecule has 1 amide bonds. The highest BCUT2D eigenvalue weighted by molar-refractivity contribution is 6.07. The van der Waals surface area contributed by atoms with E-state index in [9.17, 15) is 9.59 Å². The Hall–Kier alpha value is -2.82. The molecule has 0 spiro atoms. The zero-order chi connectivity index (χ0) is 16.4. The average molecular weight is 310 g/mol. The molecule has 0 radical (unpaired) electrons. The van der Waals surface area contributed by atoms with Gasteiger partial charge in [0.05, 0.1) is 12.2 Å². The minimum Gasteiger partial charge on any atom is -0.486 e. The number of Topliss-reactive ketones (excluding diaryl/α,β-unsaturated/α-hetero) is 1. The van der Waals surface area contributed by atoms with E-state index in [1.807, 2.05) is 18.2 Å². The molecule has 0 aliphatic carbocycles. The Morgan fingerprint density at radius 1 is 1.22 bits per heavy atom. The van der Waals surface area contributed by atoms with Crippen LogP contribution < -0.4 is 15.4 Å². The molecular weight excluding hydrogens is 292 g/mol. The molecule has 2 aromatic carbocycles. The van der Waals surface area contributed by atoms with Gasteiger partial charge in [0.1, 0.15) is 17.6 Å². The number of anilines is 2. The fourth-order valence-electron chi connectivity index (χ4n) is 2.72. The largest absolute Gasteiger partial charge is 0.486 e. The molecule has 3 rings (SSSR count). The van der Waals surface area contributed by atoms with Crippen LogP contribution in [0, 0.1) is 0 Å². The van der Waals surface area contributed by atoms with E-state index in [4.69, 9.17) is 10.5 Å². The van der Waals surface area contributed by atoms with Crippen LogP contribution in [0.15, 0.2) is 48.5 Å². The summed E-state index contributed by atoms with van der Waals surface area (Å²) >= 11 is 0. The number of nitrogens with two attached hydrogens (primary N) is 1. The monoisotopic (exact) mass is 310 g/mol. The number of amides is 1. The number of hydrogen-bond acceptors (Lipinski definition) is 4. The molecule has 1 unspecified atom stereocenters. The van der Waals surface area contributed by atoms with Gasteiger partial charge in [0.2, 0.25) is 0 Å². The van der Waals surface area contributed by atoms with Gasteiger partial charge < -0.3 is 15.4 Å². The highest BCUT2D eigenvalue weighted by Gasteiger charge is 2.31. The normalized spacial score (nSPS) is 16.4. The van der Waals surface area contributed by atoms with Crippen molar-refractivity contribution in [2.24, 2.45) is 0 Å². The minimum atomic E-state index is -0.351. The van der Waals surface area contributed by atoms with Crippen molar-refractivity contribution in [2.75, 3.05) is 17.2 Å². The fraction of sp³-hybridized carbons (Fsp3) is 0.222. The summed E-state index contributed by atoms with van der Waals surface area (Å²) in [6.07, 6.45) is -0.0844. The van der Waals surface area contributed by atoms with Gasteiger partial charge in [0.15, 0.2) is 0 Å². The molecule has 1 aliphatic heterocycles. The first kappa shape index (κ1) is 15.1. The van der Waals surface area contributed by atoms with Crippen molar-refractivity contribution in [3.8, 4) is 5.75 Å². The molecule has 2 N–H and O–H groups in total. The van der Waals surface area contributed by atoms with Gasteiger partial charge in [-0.15, -0.1) is 0 Å². The molecule has 23 heavy (non-hydrogen) atoms. The van der Waals surface area contributed by atoms with E-state index < -0.39 is 0 Å². The molecule has 1 atom stereocenters. The maximum absolute atomic E-state index is 12.8. The van der Waals surface area contributed by atoms with Gasteiger partial charge in [-0.25, -0.2) is 0 Å². The Kier molecular flexibility index (Phi) is 4.02. The molecule has 1 aliphatic rings. The third-order valence-corrected chi connectivity index (χ3v) is 3.73. The molecule has 5 heteroatoms. The van der Waals surface area contributed by atoms with E-state index >= 15 is 0 Å². The highest BCUT2D eigenvalue weighted by Crippen LogP contribution is 2.36. The number of nitrogen functional groups attached to an aromatic ring is 1. The van der Waals surface area contributed by atoms with Gasteiger partial charge in [-0.05, 0) is 37.3 Å². The number of carbonyl (C=O) groups is 2. The second-order valence-corrected chi connectivity index (χ2v) is 5.65. The Labute approximate surface area is 134 Å². The quantitative estimate of drug-likeness (QED) is 0.885. The molecular formula is C18H18N2O3. The molecule has 2 aromatic rings. The van der Waals surface area contributed by atoms with Gasteiger partial charge in [0, 0.05) is 17.7 Å². The zero-order valence-electron chi connectivity index (χ0n) is 12.9. The van der Waals surface area contributed by atoms with Crippen LogP contribution in [-0.2, 0) is 4.79 Å². The number of nitrogens with zero attached hydrogens (tertiary/aromatic N) is 1. The van der Waals surface area contributed by atoms with E-state index in [1.54, 1.807) is 35.2 Å². The summed E-state index contributed by atoms with van der Waals surface area (Å²) in [4.78, 5) is 25.9. The molecule has 0 fully saturated rings. The first-order chi connectivity index (χ1) is 11.0. The summed E-state index contributed by atoms with van der Waals surface area (Å²) in [5.41, 5.74) is 7.63. The van der Waals surface area contributed by atoms with E-state index in [1.165, 1.54) is 6.92 Å². The highest BCUT2D eigenvalue weighted by atomic mass is 16.5. The van der Waals surface area contributed by atoms with Gasteiger partial charge >= 0.3 is 0 Å². The molecule has 5 nitrogen and oxygen atoms in total. The summed E-state index contributed by atoms with van der Waals surface area (Å²) in [7, 11) is 0. The van der Waals surface area contributed by atoms with Crippen LogP contribution in [0.1, 0.15) is 23.7 Å². The molecule has 0 saturated carbocycles. The Balaban J connectivity index is 1.98. The van der Waals surface area contributed by atoms with Crippen molar-refractivity contribution in [3.63, 3.8) is 0 Å². The number of rotatable bonds is 3. The van der Waals surface area contributed by atoms with Gasteiger partial charge in [-0.1, -0.05) is 18.2 Å². The first-order valence-corrected chi connectivity index (χ1v) is 7.47. The van der Waals surface area contributed by atoms with Crippen LogP contribution in [0.5, 0.6) is 5.75 Å². The second-order valence-electron chi connectivity index (χ2n) is 5.65. The van der Waals surface area contributed by atoms with Crippen LogP contribution in [0.3, 0.4) is 0 Å². The van der Waals surface area contributed by atoms with Crippen molar-refractivity contribution in [1.82, 2.24) is 0 Å². The number of fused-ring (bicyclic) bond motifs is 1. The van der Waals surface area contributed by atoms with Crippen molar-refractivity contribution in [1.29, 1.82) is 0 Å². The molecule has 118 valence electrons. The Morgan fingerprint density at radius 2 is 1.96 bits per heavy atom. The molecule has 0 bridgehead atoms. The Bertz CT molecular complexity index is 743. The summed E-state index contributed by atoms with van der Waals surface area (Å²) in [5, 5.41) is 0. The number of ether oxygens (including phenoxy) is 1. The van der Waals surface area contributed by atoms with Crippen LogP contribution in [0.2, 0.25) is 0 Å². The van der Waals surface area contributed by atoms with E-state index in [-0.39, 0.29) is 24.2 Å². The maximum Gasteiger partial charge on any atom is 0.258 e.